The zero-order chi connectivity index (χ0) is 16.1. The first-order valence-electron chi connectivity index (χ1n) is 7.47. The van der Waals surface area contributed by atoms with Gasteiger partial charge in [0.1, 0.15) is 0 Å². The molecule has 21 heavy (non-hydrogen) atoms. The van der Waals surface area contributed by atoms with Crippen LogP contribution in [-0.4, -0.2) is 12.2 Å². The molecule has 0 aliphatic heterocycles. The van der Waals surface area contributed by atoms with Gasteiger partial charge in [0.15, 0.2) is 0 Å². The summed E-state index contributed by atoms with van der Waals surface area (Å²) in [7, 11) is 0. The van der Waals surface area contributed by atoms with Crippen molar-refractivity contribution in [2.24, 2.45) is 5.41 Å². The zero-order valence-electron chi connectivity index (χ0n) is 13.3. The molecule has 0 heterocycles. The molecule has 0 saturated carbocycles. The third kappa shape index (κ3) is 6.98. The van der Waals surface area contributed by atoms with E-state index in [1.807, 2.05) is 25.1 Å². The van der Waals surface area contributed by atoms with Crippen molar-refractivity contribution in [3.63, 3.8) is 0 Å². The van der Waals surface area contributed by atoms with Crippen molar-refractivity contribution in [1.29, 1.82) is 0 Å². The van der Waals surface area contributed by atoms with Crippen molar-refractivity contribution in [3.05, 3.63) is 35.9 Å². The molecule has 0 aliphatic rings. The summed E-state index contributed by atoms with van der Waals surface area (Å²) in [6.45, 7) is 8.37. The maximum atomic E-state index is 12.2. The van der Waals surface area contributed by atoms with Crippen LogP contribution in [0.3, 0.4) is 0 Å². The van der Waals surface area contributed by atoms with Gasteiger partial charge in [0.25, 0.3) is 0 Å². The van der Waals surface area contributed by atoms with Gasteiger partial charge in [-0.3, -0.25) is 0 Å². The van der Waals surface area contributed by atoms with Crippen LogP contribution in [0.1, 0.15) is 58.6 Å². The Labute approximate surface area is 125 Å². The molecular weight excluding hydrogens is 275 g/mol. The zero-order valence-corrected chi connectivity index (χ0v) is 13.3. The van der Waals surface area contributed by atoms with E-state index in [1.165, 1.54) is 5.56 Å². The van der Waals surface area contributed by atoms with Crippen molar-refractivity contribution in [2.75, 3.05) is 0 Å². The van der Waals surface area contributed by atoms with Crippen LogP contribution in [0.5, 0.6) is 0 Å². The molecule has 1 aromatic rings. The Balaban J connectivity index is 2.62. The average molecular weight is 301 g/mol. The van der Waals surface area contributed by atoms with Crippen LogP contribution in [0.15, 0.2) is 30.3 Å². The molecule has 0 spiro atoms. The minimum Gasteiger partial charge on any atom is -0.307 e. The van der Waals surface area contributed by atoms with Crippen LogP contribution in [0.25, 0.3) is 0 Å². The van der Waals surface area contributed by atoms with Crippen molar-refractivity contribution in [1.82, 2.24) is 5.32 Å². The largest absolute Gasteiger partial charge is 0.389 e. The van der Waals surface area contributed by atoms with Gasteiger partial charge < -0.3 is 5.32 Å². The SMILES string of the molecule is CC(CCCC(F)(F)F)NC(c1ccccc1)C(C)(C)C. The molecule has 1 aromatic carbocycles. The van der Waals surface area contributed by atoms with Gasteiger partial charge in [0.2, 0.25) is 0 Å². The summed E-state index contributed by atoms with van der Waals surface area (Å²) < 4.78 is 36.6. The fourth-order valence-electron chi connectivity index (χ4n) is 2.47. The molecule has 0 aliphatic carbocycles. The summed E-state index contributed by atoms with van der Waals surface area (Å²) >= 11 is 0. The first-order valence-corrected chi connectivity index (χ1v) is 7.47. The molecule has 2 unspecified atom stereocenters. The summed E-state index contributed by atoms with van der Waals surface area (Å²) in [4.78, 5) is 0. The molecule has 0 radical (unpaired) electrons. The molecule has 0 bridgehead atoms. The fourth-order valence-corrected chi connectivity index (χ4v) is 2.47. The predicted molar refractivity (Wildman–Crippen MR) is 81.1 cm³/mol. The molecular formula is C17H26F3N. The number of hydrogen-bond donors (Lipinski definition) is 1. The molecule has 0 fully saturated rings. The van der Waals surface area contributed by atoms with E-state index in [0.29, 0.717) is 6.42 Å². The van der Waals surface area contributed by atoms with E-state index < -0.39 is 12.6 Å². The Bertz CT molecular complexity index is 406. The lowest BCUT2D eigenvalue weighted by Crippen LogP contribution is -2.38. The van der Waals surface area contributed by atoms with E-state index in [9.17, 15) is 13.2 Å². The van der Waals surface area contributed by atoms with Crippen molar-refractivity contribution in [2.45, 2.75) is 65.2 Å². The fraction of sp³-hybridized carbons (Fsp3) is 0.647. The summed E-state index contributed by atoms with van der Waals surface area (Å²) in [5.74, 6) is 0. The van der Waals surface area contributed by atoms with Crippen molar-refractivity contribution < 1.29 is 13.2 Å². The van der Waals surface area contributed by atoms with Gasteiger partial charge in [0, 0.05) is 18.5 Å². The molecule has 120 valence electrons. The highest BCUT2D eigenvalue weighted by Gasteiger charge is 2.29. The molecule has 1 nitrogen and oxygen atoms in total. The number of halogens is 3. The highest BCUT2D eigenvalue weighted by atomic mass is 19.4. The molecule has 1 N–H and O–H groups in total. The molecule has 4 heteroatoms. The molecule has 0 aromatic heterocycles. The van der Waals surface area contributed by atoms with Crippen LogP contribution < -0.4 is 5.32 Å². The van der Waals surface area contributed by atoms with Gasteiger partial charge in [-0.25, -0.2) is 0 Å². The van der Waals surface area contributed by atoms with Crippen molar-refractivity contribution >= 4 is 0 Å². The second-order valence-electron chi connectivity index (χ2n) is 6.78. The Kier molecular flexibility index (Phi) is 6.26. The average Bonchev–Trinajstić information content (AvgIpc) is 2.34. The van der Waals surface area contributed by atoms with E-state index >= 15 is 0 Å². The summed E-state index contributed by atoms with van der Waals surface area (Å²) in [5, 5.41) is 3.49. The summed E-state index contributed by atoms with van der Waals surface area (Å²) in [6.07, 6.45) is -4.06. The van der Waals surface area contributed by atoms with Crippen LogP contribution in [0.4, 0.5) is 13.2 Å². The third-order valence-corrected chi connectivity index (χ3v) is 3.55. The first-order chi connectivity index (χ1) is 9.59. The number of hydrogen-bond acceptors (Lipinski definition) is 1. The minimum atomic E-state index is -4.05. The first kappa shape index (κ1) is 18.0. The monoisotopic (exact) mass is 301 g/mol. The van der Waals surface area contributed by atoms with E-state index in [2.05, 4.69) is 38.2 Å². The van der Waals surface area contributed by atoms with Gasteiger partial charge in [-0.05, 0) is 30.7 Å². The van der Waals surface area contributed by atoms with Crippen LogP contribution in [-0.2, 0) is 0 Å². The standard InChI is InChI=1S/C17H26F3N/c1-13(9-8-12-17(18,19)20)21-15(16(2,3)4)14-10-6-5-7-11-14/h5-7,10-11,13,15,21H,8-9,12H2,1-4H3. The minimum absolute atomic E-state index is 0.000357. The van der Waals surface area contributed by atoms with Crippen LogP contribution in [0, 0.1) is 5.41 Å². The van der Waals surface area contributed by atoms with Crippen LogP contribution in [0.2, 0.25) is 0 Å². The maximum Gasteiger partial charge on any atom is 0.389 e. The molecule has 0 amide bonds. The number of benzene rings is 1. The molecule has 2 atom stereocenters. The molecule has 1 rings (SSSR count). The third-order valence-electron chi connectivity index (χ3n) is 3.55. The number of alkyl halides is 3. The van der Waals surface area contributed by atoms with Crippen molar-refractivity contribution in [3.8, 4) is 0 Å². The van der Waals surface area contributed by atoms with Gasteiger partial charge >= 0.3 is 6.18 Å². The normalized spacial score (nSPS) is 15.8. The van der Waals surface area contributed by atoms with Gasteiger partial charge in [-0.15, -0.1) is 0 Å². The molecule has 0 saturated heterocycles. The van der Waals surface area contributed by atoms with E-state index in [0.717, 1.165) is 0 Å². The predicted octanol–water partition coefficient (Wildman–Crippen LogP) is 5.48. The maximum absolute atomic E-state index is 12.2. The second-order valence-corrected chi connectivity index (χ2v) is 6.78. The smallest absolute Gasteiger partial charge is 0.307 e. The summed E-state index contributed by atoms with van der Waals surface area (Å²) in [5.41, 5.74) is 1.17. The van der Waals surface area contributed by atoms with E-state index in [-0.39, 0.29) is 23.9 Å². The number of rotatable bonds is 6. The summed E-state index contributed by atoms with van der Waals surface area (Å²) in [6, 6.07) is 10.2. The lowest BCUT2D eigenvalue weighted by Gasteiger charge is -2.34. The Morgan fingerprint density at radius 2 is 1.62 bits per heavy atom. The van der Waals surface area contributed by atoms with E-state index in [4.69, 9.17) is 0 Å². The van der Waals surface area contributed by atoms with E-state index in [1.54, 1.807) is 0 Å². The Morgan fingerprint density at radius 1 is 1.05 bits per heavy atom. The van der Waals surface area contributed by atoms with Gasteiger partial charge in [0.05, 0.1) is 0 Å². The van der Waals surface area contributed by atoms with Crippen LogP contribution >= 0.6 is 0 Å². The topological polar surface area (TPSA) is 12.0 Å². The Hall–Kier alpha value is -1.03. The quantitative estimate of drug-likeness (QED) is 0.733. The van der Waals surface area contributed by atoms with Gasteiger partial charge in [-0.1, -0.05) is 51.1 Å². The lowest BCUT2D eigenvalue weighted by atomic mass is 9.82. The lowest BCUT2D eigenvalue weighted by molar-refractivity contribution is -0.135. The highest BCUT2D eigenvalue weighted by molar-refractivity contribution is 5.20. The second kappa shape index (κ2) is 7.30. The highest BCUT2D eigenvalue weighted by Crippen LogP contribution is 2.33. The number of nitrogens with one attached hydrogen (secondary N) is 1. The Morgan fingerprint density at radius 3 is 2.10 bits per heavy atom. The van der Waals surface area contributed by atoms with Gasteiger partial charge in [-0.2, -0.15) is 13.2 Å².